The first-order chi connectivity index (χ1) is 19.9. The number of nitrogens with zero attached hydrogens (tertiary/aromatic N) is 5. The Bertz CT molecular complexity index is 1760. The Labute approximate surface area is 239 Å². The number of methoxy groups -OCH3 is 1. The van der Waals surface area contributed by atoms with Gasteiger partial charge >= 0.3 is 0 Å². The molecule has 5 aromatic rings. The Morgan fingerprint density at radius 2 is 1.63 bits per heavy atom. The van der Waals surface area contributed by atoms with Crippen LogP contribution in [0, 0.1) is 6.92 Å². The predicted molar refractivity (Wildman–Crippen MR) is 160 cm³/mol. The highest BCUT2D eigenvalue weighted by molar-refractivity contribution is 7.89. The molecule has 9 nitrogen and oxygen atoms in total. The molecular weight excluding hydrogens is 536 g/mol. The van der Waals surface area contributed by atoms with E-state index in [1.165, 1.54) is 5.56 Å². The minimum Gasteiger partial charge on any atom is -0.497 e. The van der Waals surface area contributed by atoms with Gasteiger partial charge in [-0.1, -0.05) is 29.8 Å². The molecule has 1 N–H and O–H groups in total. The second-order valence-corrected chi connectivity index (χ2v) is 12.2. The van der Waals surface area contributed by atoms with Gasteiger partial charge in [-0.2, -0.15) is 4.31 Å². The Morgan fingerprint density at radius 1 is 0.878 bits per heavy atom. The van der Waals surface area contributed by atoms with Gasteiger partial charge in [0.25, 0.3) is 0 Å². The second-order valence-electron chi connectivity index (χ2n) is 10.2. The summed E-state index contributed by atoms with van der Waals surface area (Å²) in [6, 6.07) is 21.1. The minimum absolute atomic E-state index is 0.298. The normalized spacial score (nSPS) is 14.4. The summed E-state index contributed by atoms with van der Waals surface area (Å²) < 4.78 is 33.6. The van der Waals surface area contributed by atoms with Crippen LogP contribution in [0.1, 0.15) is 17.1 Å². The molecule has 0 unspecified atom stereocenters. The number of hydrogen-bond acceptors (Lipinski definition) is 7. The molecule has 10 heteroatoms. The summed E-state index contributed by atoms with van der Waals surface area (Å²) in [5.74, 6) is 1.61. The predicted octanol–water partition coefficient (Wildman–Crippen LogP) is 4.63. The zero-order chi connectivity index (χ0) is 28.4. The fourth-order valence-corrected chi connectivity index (χ4v) is 6.52. The highest BCUT2D eigenvalue weighted by Crippen LogP contribution is 2.26. The lowest BCUT2D eigenvalue weighted by Crippen LogP contribution is -2.48. The van der Waals surface area contributed by atoms with Crippen molar-refractivity contribution in [1.82, 2.24) is 24.2 Å². The summed E-state index contributed by atoms with van der Waals surface area (Å²) in [5, 5.41) is 0. The molecule has 0 spiro atoms. The average molecular weight is 569 g/mol. The first kappa shape index (κ1) is 26.9. The van der Waals surface area contributed by atoms with E-state index in [1.807, 2.05) is 30.3 Å². The standard InChI is InChI=1S/C31H32N6O3S/c1-22-3-8-26(9-4-22)36-15-17-37(18-16-36)41(38,39)28-10-5-23(6-11-28)24-19-29-31(33-21-24)35-30(34-29)12-7-25-20-27(40-2)13-14-32-25/h3-6,8-11,13-14,19-21H,7,12,15-18H2,1-2H3,(H,33,34,35). The summed E-state index contributed by atoms with van der Waals surface area (Å²) >= 11 is 0. The summed E-state index contributed by atoms with van der Waals surface area (Å²) in [7, 11) is -1.94. The van der Waals surface area contributed by atoms with Crippen molar-refractivity contribution in [3.63, 3.8) is 0 Å². The SMILES string of the molecule is COc1ccnc(CCc2nc3cc(-c4ccc(S(=O)(=O)N5CCN(c6ccc(C)cc6)CC5)cc4)cnc3[nH]2)c1. The maximum atomic E-state index is 13.4. The van der Waals surface area contributed by atoms with Gasteiger partial charge in [-0.15, -0.1) is 0 Å². The molecule has 1 saturated heterocycles. The average Bonchev–Trinajstić information content (AvgIpc) is 3.43. The van der Waals surface area contributed by atoms with Crippen LogP contribution in [-0.4, -0.2) is 65.9 Å². The van der Waals surface area contributed by atoms with E-state index < -0.39 is 10.0 Å². The molecule has 1 aliphatic heterocycles. The molecule has 6 rings (SSSR count). The molecule has 41 heavy (non-hydrogen) atoms. The lowest BCUT2D eigenvalue weighted by molar-refractivity contribution is 0.385. The van der Waals surface area contributed by atoms with Crippen LogP contribution in [0.4, 0.5) is 5.69 Å². The number of rotatable bonds is 8. The highest BCUT2D eigenvalue weighted by Gasteiger charge is 2.28. The van der Waals surface area contributed by atoms with E-state index in [9.17, 15) is 8.42 Å². The number of anilines is 1. The number of nitrogens with one attached hydrogen (secondary N) is 1. The summed E-state index contributed by atoms with van der Waals surface area (Å²) in [6.07, 6.45) is 4.93. The molecule has 0 bridgehead atoms. The molecule has 0 amide bonds. The molecule has 1 aliphatic rings. The number of sulfonamides is 1. The van der Waals surface area contributed by atoms with Crippen molar-refractivity contribution in [2.45, 2.75) is 24.7 Å². The van der Waals surface area contributed by atoms with Crippen molar-refractivity contribution in [2.75, 3.05) is 38.2 Å². The number of hydrogen-bond donors (Lipinski definition) is 1. The van der Waals surface area contributed by atoms with E-state index in [4.69, 9.17) is 9.72 Å². The number of pyridine rings is 2. The van der Waals surface area contributed by atoms with E-state index in [-0.39, 0.29) is 0 Å². The quantitative estimate of drug-likeness (QED) is 0.291. The van der Waals surface area contributed by atoms with Crippen LogP contribution < -0.4 is 9.64 Å². The van der Waals surface area contributed by atoms with Crippen LogP contribution in [-0.2, 0) is 22.9 Å². The molecule has 0 aliphatic carbocycles. The van der Waals surface area contributed by atoms with Crippen molar-refractivity contribution in [3.05, 3.63) is 96.2 Å². The maximum absolute atomic E-state index is 13.4. The lowest BCUT2D eigenvalue weighted by atomic mass is 10.1. The first-order valence-electron chi connectivity index (χ1n) is 13.6. The van der Waals surface area contributed by atoms with Gasteiger partial charge in [-0.3, -0.25) is 4.98 Å². The number of ether oxygens (including phenoxy) is 1. The van der Waals surface area contributed by atoms with Gasteiger partial charge in [-0.05, 0) is 55.3 Å². The third-order valence-corrected chi connectivity index (χ3v) is 9.40. The summed E-state index contributed by atoms with van der Waals surface area (Å²) in [4.78, 5) is 19.5. The minimum atomic E-state index is -3.58. The number of piperazine rings is 1. The molecule has 210 valence electrons. The molecule has 0 saturated carbocycles. The first-order valence-corrected chi connectivity index (χ1v) is 15.1. The number of aromatic nitrogens is 4. The highest BCUT2D eigenvalue weighted by atomic mass is 32.2. The molecule has 1 fully saturated rings. The number of aryl methyl sites for hydroxylation is 3. The molecule has 3 aromatic heterocycles. The third kappa shape index (κ3) is 5.79. The van der Waals surface area contributed by atoms with Crippen LogP contribution in [0.3, 0.4) is 0 Å². The fraction of sp³-hybridized carbons (Fsp3) is 0.258. The molecule has 0 radical (unpaired) electrons. The number of H-pyrrole nitrogens is 1. The lowest BCUT2D eigenvalue weighted by Gasteiger charge is -2.35. The van der Waals surface area contributed by atoms with Crippen LogP contribution >= 0.6 is 0 Å². The zero-order valence-corrected chi connectivity index (χ0v) is 23.9. The molecule has 0 atom stereocenters. The largest absolute Gasteiger partial charge is 0.497 e. The number of aromatic amines is 1. The number of fused-ring (bicyclic) bond motifs is 1. The van der Waals surface area contributed by atoms with Crippen molar-refractivity contribution < 1.29 is 13.2 Å². The van der Waals surface area contributed by atoms with E-state index in [0.717, 1.165) is 46.0 Å². The number of benzene rings is 2. The smallest absolute Gasteiger partial charge is 0.243 e. The Balaban J connectivity index is 1.12. The van der Waals surface area contributed by atoms with Gasteiger partial charge in [-0.25, -0.2) is 18.4 Å². The van der Waals surface area contributed by atoms with E-state index in [0.29, 0.717) is 43.1 Å². The van der Waals surface area contributed by atoms with Crippen molar-refractivity contribution in [1.29, 1.82) is 0 Å². The molecule has 2 aromatic carbocycles. The maximum Gasteiger partial charge on any atom is 0.243 e. The second kappa shape index (κ2) is 11.3. The van der Waals surface area contributed by atoms with Gasteiger partial charge in [0.15, 0.2) is 5.65 Å². The summed E-state index contributed by atoms with van der Waals surface area (Å²) in [5.41, 5.74) is 6.50. The van der Waals surface area contributed by atoms with Gasteiger partial charge in [0.1, 0.15) is 17.1 Å². The number of imidazole rings is 1. The third-order valence-electron chi connectivity index (χ3n) is 7.49. The Kier molecular flexibility index (Phi) is 7.42. The van der Waals surface area contributed by atoms with E-state index in [1.54, 1.807) is 35.9 Å². The van der Waals surface area contributed by atoms with E-state index in [2.05, 4.69) is 51.0 Å². The van der Waals surface area contributed by atoms with E-state index >= 15 is 0 Å². The van der Waals surface area contributed by atoms with Crippen molar-refractivity contribution >= 4 is 26.9 Å². The van der Waals surface area contributed by atoms with Crippen LogP contribution in [0.5, 0.6) is 5.75 Å². The van der Waals surface area contributed by atoms with Gasteiger partial charge in [0.2, 0.25) is 10.0 Å². The fourth-order valence-electron chi connectivity index (χ4n) is 5.10. The van der Waals surface area contributed by atoms with Crippen molar-refractivity contribution in [3.8, 4) is 16.9 Å². The van der Waals surface area contributed by atoms with Crippen LogP contribution in [0.15, 0.2) is 84.0 Å². The van der Waals surface area contributed by atoms with Gasteiger partial charge in [0.05, 0.1) is 12.0 Å². The summed E-state index contributed by atoms with van der Waals surface area (Å²) in [6.45, 7) is 4.29. The van der Waals surface area contributed by atoms with Crippen LogP contribution in [0.25, 0.3) is 22.3 Å². The van der Waals surface area contributed by atoms with Crippen molar-refractivity contribution in [2.24, 2.45) is 0 Å². The Hall–Kier alpha value is -4.28. The topological polar surface area (TPSA) is 104 Å². The Morgan fingerprint density at radius 3 is 2.37 bits per heavy atom. The molecule has 4 heterocycles. The monoisotopic (exact) mass is 568 g/mol. The zero-order valence-electron chi connectivity index (χ0n) is 23.1. The van der Waals surface area contributed by atoms with Gasteiger partial charge < -0.3 is 14.6 Å². The van der Waals surface area contributed by atoms with Gasteiger partial charge in [0, 0.05) is 68.0 Å². The van der Waals surface area contributed by atoms with Crippen LogP contribution in [0.2, 0.25) is 0 Å². The molecular formula is C31H32N6O3S.